The first kappa shape index (κ1) is 14.1. The Bertz CT molecular complexity index is 368. The Morgan fingerprint density at radius 3 is 2.58 bits per heavy atom. The molecule has 0 spiro atoms. The Kier molecular flexibility index (Phi) is 3.99. The normalized spacial score (nSPS) is 28.4. The zero-order valence-electron chi connectivity index (χ0n) is 11.6. The van der Waals surface area contributed by atoms with Crippen LogP contribution in [0.15, 0.2) is 0 Å². The van der Waals surface area contributed by atoms with Crippen molar-refractivity contribution in [3.05, 3.63) is 0 Å². The molecule has 1 atom stereocenters. The SMILES string of the molecule is CN(C(=O)N1CCCC1(C)C(=O)O)C1CCOCC1. The average molecular weight is 270 g/mol. The highest BCUT2D eigenvalue weighted by atomic mass is 16.5. The third kappa shape index (κ3) is 2.54. The van der Waals surface area contributed by atoms with Crippen molar-refractivity contribution in [1.82, 2.24) is 9.80 Å². The zero-order chi connectivity index (χ0) is 14.0. The van der Waals surface area contributed by atoms with Gasteiger partial charge in [-0.3, -0.25) is 0 Å². The molecule has 2 aliphatic heterocycles. The summed E-state index contributed by atoms with van der Waals surface area (Å²) >= 11 is 0. The van der Waals surface area contributed by atoms with E-state index < -0.39 is 11.5 Å². The topological polar surface area (TPSA) is 70.1 Å². The fourth-order valence-corrected chi connectivity index (χ4v) is 2.91. The van der Waals surface area contributed by atoms with Crippen LogP contribution in [0.2, 0.25) is 0 Å². The molecular formula is C13H22N2O4. The highest BCUT2D eigenvalue weighted by Gasteiger charge is 2.47. The number of urea groups is 1. The lowest BCUT2D eigenvalue weighted by molar-refractivity contribution is -0.147. The molecule has 108 valence electrons. The number of carboxylic acid groups (broad SMARTS) is 1. The summed E-state index contributed by atoms with van der Waals surface area (Å²) in [6.45, 7) is 3.49. The fraction of sp³-hybridized carbons (Fsp3) is 0.846. The van der Waals surface area contributed by atoms with Gasteiger partial charge in [-0.2, -0.15) is 0 Å². The molecule has 6 nitrogen and oxygen atoms in total. The molecule has 0 aromatic carbocycles. The third-order valence-electron chi connectivity index (χ3n) is 4.37. The molecule has 2 fully saturated rings. The molecule has 2 aliphatic rings. The molecule has 0 aromatic rings. The van der Waals surface area contributed by atoms with Crippen molar-refractivity contribution in [2.45, 2.75) is 44.2 Å². The minimum absolute atomic E-state index is 0.153. The van der Waals surface area contributed by atoms with Crippen LogP contribution in [0.1, 0.15) is 32.6 Å². The number of carbonyl (C=O) groups is 2. The second-order valence-electron chi connectivity index (χ2n) is 5.57. The number of rotatable bonds is 2. The van der Waals surface area contributed by atoms with E-state index in [-0.39, 0.29) is 12.1 Å². The second kappa shape index (κ2) is 5.36. The maximum absolute atomic E-state index is 12.5. The van der Waals surface area contributed by atoms with Crippen LogP contribution in [0.4, 0.5) is 4.79 Å². The summed E-state index contributed by atoms with van der Waals surface area (Å²) in [5.74, 6) is -0.918. The van der Waals surface area contributed by atoms with Crippen molar-refractivity contribution < 1.29 is 19.4 Å². The quantitative estimate of drug-likeness (QED) is 0.817. The molecule has 1 N–H and O–H groups in total. The second-order valence-corrected chi connectivity index (χ2v) is 5.57. The van der Waals surface area contributed by atoms with Crippen molar-refractivity contribution in [1.29, 1.82) is 0 Å². The van der Waals surface area contributed by atoms with Gasteiger partial charge < -0.3 is 19.6 Å². The highest BCUT2D eigenvalue weighted by Crippen LogP contribution is 2.31. The molecule has 19 heavy (non-hydrogen) atoms. The van der Waals surface area contributed by atoms with Gasteiger partial charge in [0.15, 0.2) is 0 Å². The van der Waals surface area contributed by atoms with Gasteiger partial charge in [-0.1, -0.05) is 0 Å². The van der Waals surface area contributed by atoms with E-state index in [1.54, 1.807) is 18.9 Å². The molecule has 0 bridgehead atoms. The zero-order valence-corrected chi connectivity index (χ0v) is 11.6. The molecule has 0 aromatic heterocycles. The maximum Gasteiger partial charge on any atom is 0.329 e. The molecule has 0 saturated carbocycles. The molecule has 2 amide bonds. The predicted molar refractivity (Wildman–Crippen MR) is 69.0 cm³/mol. The van der Waals surface area contributed by atoms with Crippen LogP contribution in [0.25, 0.3) is 0 Å². The number of carboxylic acids is 1. The summed E-state index contributed by atoms with van der Waals surface area (Å²) in [7, 11) is 1.76. The van der Waals surface area contributed by atoms with Crippen LogP contribution in [0.3, 0.4) is 0 Å². The van der Waals surface area contributed by atoms with Gasteiger partial charge in [0.25, 0.3) is 0 Å². The highest BCUT2D eigenvalue weighted by molar-refractivity contribution is 5.86. The van der Waals surface area contributed by atoms with Crippen LogP contribution < -0.4 is 0 Å². The fourth-order valence-electron chi connectivity index (χ4n) is 2.91. The van der Waals surface area contributed by atoms with Crippen molar-refractivity contribution in [3.8, 4) is 0 Å². The summed E-state index contributed by atoms with van der Waals surface area (Å²) in [6.07, 6.45) is 2.91. The van der Waals surface area contributed by atoms with Crippen molar-refractivity contribution in [2.24, 2.45) is 0 Å². The smallest absolute Gasteiger partial charge is 0.329 e. The Labute approximate surface area is 113 Å². The number of nitrogens with zero attached hydrogens (tertiary/aromatic N) is 2. The summed E-state index contributed by atoms with van der Waals surface area (Å²) < 4.78 is 5.29. The van der Waals surface area contributed by atoms with E-state index in [0.29, 0.717) is 26.2 Å². The summed E-state index contributed by atoms with van der Waals surface area (Å²) in [5.41, 5.74) is -1.06. The van der Waals surface area contributed by atoms with E-state index in [4.69, 9.17) is 4.74 Å². The summed E-state index contributed by atoms with van der Waals surface area (Å²) in [6, 6.07) is -0.0193. The lowest BCUT2D eigenvalue weighted by atomic mass is 9.99. The van der Waals surface area contributed by atoms with E-state index in [0.717, 1.165) is 19.3 Å². The van der Waals surface area contributed by atoms with Crippen molar-refractivity contribution in [3.63, 3.8) is 0 Å². The van der Waals surface area contributed by atoms with Gasteiger partial charge in [0.05, 0.1) is 0 Å². The number of hydrogen-bond acceptors (Lipinski definition) is 3. The maximum atomic E-state index is 12.5. The summed E-state index contributed by atoms with van der Waals surface area (Å²) in [4.78, 5) is 27.1. The number of hydrogen-bond donors (Lipinski definition) is 1. The van der Waals surface area contributed by atoms with Gasteiger partial charge in [-0.15, -0.1) is 0 Å². The number of carbonyl (C=O) groups excluding carboxylic acids is 1. The van der Waals surface area contributed by atoms with Gasteiger partial charge >= 0.3 is 12.0 Å². The van der Waals surface area contributed by atoms with E-state index in [2.05, 4.69) is 0 Å². The van der Waals surface area contributed by atoms with E-state index >= 15 is 0 Å². The van der Waals surface area contributed by atoms with Gasteiger partial charge in [0, 0.05) is 32.8 Å². The van der Waals surface area contributed by atoms with E-state index in [1.165, 1.54) is 4.90 Å². The van der Waals surface area contributed by atoms with E-state index in [1.807, 2.05) is 0 Å². The number of aliphatic carboxylic acids is 1. The van der Waals surface area contributed by atoms with Crippen LogP contribution in [0.5, 0.6) is 0 Å². The first-order chi connectivity index (χ1) is 8.97. The molecule has 0 radical (unpaired) electrons. The molecule has 6 heteroatoms. The monoisotopic (exact) mass is 270 g/mol. The Morgan fingerprint density at radius 2 is 2.00 bits per heavy atom. The lowest BCUT2D eigenvalue weighted by Gasteiger charge is -2.38. The number of amides is 2. The standard InChI is InChI=1S/C13H22N2O4/c1-13(11(16)17)6-3-7-15(13)12(18)14(2)10-4-8-19-9-5-10/h10H,3-9H2,1-2H3,(H,16,17). The largest absolute Gasteiger partial charge is 0.480 e. The number of likely N-dealkylation sites (tertiary alicyclic amines) is 1. The first-order valence-electron chi connectivity index (χ1n) is 6.82. The Morgan fingerprint density at radius 1 is 1.37 bits per heavy atom. The molecule has 2 saturated heterocycles. The Balaban J connectivity index is 2.07. The first-order valence-corrected chi connectivity index (χ1v) is 6.82. The van der Waals surface area contributed by atoms with Crippen molar-refractivity contribution in [2.75, 3.05) is 26.8 Å². The Hall–Kier alpha value is -1.30. The minimum atomic E-state index is -1.06. The average Bonchev–Trinajstić information content (AvgIpc) is 2.81. The van der Waals surface area contributed by atoms with Gasteiger partial charge in [-0.25, -0.2) is 9.59 Å². The van der Waals surface area contributed by atoms with Crippen molar-refractivity contribution >= 4 is 12.0 Å². The third-order valence-corrected chi connectivity index (χ3v) is 4.37. The van der Waals surface area contributed by atoms with Gasteiger partial charge in [0.1, 0.15) is 5.54 Å². The molecule has 0 aliphatic carbocycles. The molecule has 2 heterocycles. The predicted octanol–water partition coefficient (Wildman–Crippen LogP) is 1.16. The van der Waals surface area contributed by atoms with Crippen LogP contribution in [0, 0.1) is 0 Å². The van der Waals surface area contributed by atoms with Crippen LogP contribution >= 0.6 is 0 Å². The lowest BCUT2D eigenvalue weighted by Crippen LogP contribution is -2.56. The van der Waals surface area contributed by atoms with Gasteiger partial charge in [-0.05, 0) is 32.6 Å². The number of ether oxygens (including phenoxy) is 1. The van der Waals surface area contributed by atoms with Gasteiger partial charge in [0.2, 0.25) is 0 Å². The minimum Gasteiger partial charge on any atom is -0.480 e. The summed E-state index contributed by atoms with van der Waals surface area (Å²) in [5, 5.41) is 9.35. The van der Waals surface area contributed by atoms with Crippen LogP contribution in [-0.2, 0) is 9.53 Å². The van der Waals surface area contributed by atoms with E-state index in [9.17, 15) is 14.7 Å². The van der Waals surface area contributed by atoms with Crippen LogP contribution in [-0.4, -0.2) is 65.3 Å². The molecule has 2 rings (SSSR count). The molecular weight excluding hydrogens is 248 g/mol. The molecule has 1 unspecified atom stereocenters.